The zero-order valence-electron chi connectivity index (χ0n) is 14.0. The van der Waals surface area contributed by atoms with Gasteiger partial charge in [0.1, 0.15) is 0 Å². The van der Waals surface area contributed by atoms with Gasteiger partial charge in [-0.2, -0.15) is 0 Å². The van der Waals surface area contributed by atoms with E-state index in [1.807, 2.05) is 19.9 Å². The number of anilines is 1. The van der Waals surface area contributed by atoms with E-state index in [0.717, 1.165) is 10.5 Å². The van der Waals surface area contributed by atoms with Crippen LogP contribution in [0.4, 0.5) is 10.5 Å². The summed E-state index contributed by atoms with van der Waals surface area (Å²) in [5, 5.41) is 2.32. The number of rotatable bonds is 4. The van der Waals surface area contributed by atoms with E-state index in [4.69, 9.17) is 4.74 Å². The van der Waals surface area contributed by atoms with E-state index in [1.54, 1.807) is 11.0 Å². The van der Waals surface area contributed by atoms with E-state index < -0.39 is 12.1 Å². The maximum atomic E-state index is 12.5. The Hall–Kier alpha value is -2.22. The minimum atomic E-state index is -0.554. The maximum Gasteiger partial charge on any atom is 0.406 e. The molecular formula is C16H20N2O5S. The fraction of sp³-hybridized carbons (Fsp3) is 0.438. The van der Waals surface area contributed by atoms with Crippen LogP contribution in [0.1, 0.15) is 22.8 Å². The zero-order valence-corrected chi connectivity index (χ0v) is 14.9. The van der Waals surface area contributed by atoms with E-state index in [2.05, 4.69) is 10.1 Å². The Kier molecular flexibility index (Phi) is 5.71. The standard InChI is InChI=1S/C16H20N2O5S/c1-9-7-13-12(8-11(9)15(20)22-3)18(14(19)10(2)24-13)6-5-17-16(21)23-4/h7-8,10H,5-6H2,1-4H3,(H,17,21). The molecule has 24 heavy (non-hydrogen) atoms. The summed E-state index contributed by atoms with van der Waals surface area (Å²) < 4.78 is 9.31. The number of alkyl carbamates (subject to hydrolysis) is 1. The molecule has 1 aliphatic heterocycles. The normalized spacial score (nSPS) is 16.4. The van der Waals surface area contributed by atoms with E-state index in [9.17, 15) is 14.4 Å². The third-order valence-corrected chi connectivity index (χ3v) is 4.85. The van der Waals surface area contributed by atoms with Gasteiger partial charge < -0.3 is 19.7 Å². The van der Waals surface area contributed by atoms with Crippen molar-refractivity contribution in [1.29, 1.82) is 0 Å². The molecule has 1 heterocycles. The van der Waals surface area contributed by atoms with E-state index in [-0.39, 0.29) is 24.2 Å². The molecule has 1 aliphatic rings. The van der Waals surface area contributed by atoms with E-state index in [1.165, 1.54) is 26.0 Å². The predicted molar refractivity (Wildman–Crippen MR) is 90.6 cm³/mol. The monoisotopic (exact) mass is 352 g/mol. The summed E-state index contributed by atoms with van der Waals surface area (Å²) in [4.78, 5) is 38.1. The van der Waals surface area contributed by atoms with Crippen LogP contribution >= 0.6 is 11.8 Å². The first-order chi connectivity index (χ1) is 11.4. The molecule has 0 spiro atoms. The van der Waals surface area contributed by atoms with Crippen molar-refractivity contribution in [2.45, 2.75) is 24.0 Å². The number of ether oxygens (including phenoxy) is 2. The van der Waals surface area contributed by atoms with Crippen molar-refractivity contribution in [3.63, 3.8) is 0 Å². The Morgan fingerprint density at radius 1 is 1.29 bits per heavy atom. The Labute approximate surface area is 144 Å². The minimum Gasteiger partial charge on any atom is -0.465 e. The van der Waals surface area contributed by atoms with Crippen molar-refractivity contribution in [2.75, 3.05) is 32.2 Å². The summed E-state index contributed by atoms with van der Waals surface area (Å²) in [6.45, 7) is 4.20. The summed E-state index contributed by atoms with van der Waals surface area (Å²) in [5.41, 5.74) is 1.87. The summed E-state index contributed by atoms with van der Waals surface area (Å²) >= 11 is 1.45. The molecule has 1 N–H and O–H groups in total. The highest BCUT2D eigenvalue weighted by atomic mass is 32.2. The molecule has 1 aromatic rings. The van der Waals surface area contributed by atoms with Gasteiger partial charge in [0.15, 0.2) is 0 Å². The van der Waals surface area contributed by atoms with Crippen molar-refractivity contribution >= 4 is 35.4 Å². The largest absolute Gasteiger partial charge is 0.465 e. The van der Waals surface area contributed by atoms with Crippen molar-refractivity contribution in [1.82, 2.24) is 5.32 Å². The van der Waals surface area contributed by atoms with E-state index in [0.29, 0.717) is 11.3 Å². The van der Waals surface area contributed by atoms with E-state index >= 15 is 0 Å². The molecular weight excluding hydrogens is 332 g/mol. The number of carbonyl (C=O) groups excluding carboxylic acids is 3. The SMILES string of the molecule is COC(=O)NCCN1C(=O)C(C)Sc2cc(C)c(C(=O)OC)cc21. The second-order valence-electron chi connectivity index (χ2n) is 5.29. The van der Waals surface area contributed by atoms with Gasteiger partial charge >= 0.3 is 12.1 Å². The molecule has 8 heteroatoms. The number of hydrogen-bond donors (Lipinski definition) is 1. The van der Waals surface area contributed by atoms with Gasteiger partial charge in [0.2, 0.25) is 5.91 Å². The Balaban J connectivity index is 2.33. The van der Waals surface area contributed by atoms with Gasteiger partial charge in [0, 0.05) is 18.0 Å². The van der Waals surface area contributed by atoms with Crippen LogP contribution in [0.15, 0.2) is 17.0 Å². The number of thioether (sulfide) groups is 1. The lowest BCUT2D eigenvalue weighted by Gasteiger charge is -2.33. The second-order valence-corrected chi connectivity index (χ2v) is 6.68. The molecule has 130 valence electrons. The summed E-state index contributed by atoms with van der Waals surface area (Å²) in [5.74, 6) is -0.516. The molecule has 0 saturated heterocycles. The molecule has 0 saturated carbocycles. The first-order valence-electron chi connectivity index (χ1n) is 7.41. The smallest absolute Gasteiger partial charge is 0.406 e. The average Bonchev–Trinajstić information content (AvgIpc) is 2.57. The number of amides is 2. The number of nitrogens with one attached hydrogen (secondary N) is 1. The predicted octanol–water partition coefficient (Wildman–Crippen LogP) is 1.96. The third kappa shape index (κ3) is 3.64. The number of methoxy groups -OCH3 is 2. The number of carbonyl (C=O) groups is 3. The zero-order chi connectivity index (χ0) is 17.9. The van der Waals surface area contributed by atoms with Gasteiger partial charge in [-0.05, 0) is 31.5 Å². The highest BCUT2D eigenvalue weighted by Gasteiger charge is 2.32. The first-order valence-corrected chi connectivity index (χ1v) is 8.29. The highest BCUT2D eigenvalue weighted by molar-refractivity contribution is 8.01. The number of hydrogen-bond acceptors (Lipinski definition) is 6. The van der Waals surface area contributed by atoms with Crippen LogP contribution in [0.5, 0.6) is 0 Å². The summed E-state index contributed by atoms with van der Waals surface area (Å²) in [7, 11) is 2.60. The van der Waals surface area contributed by atoms with Gasteiger partial charge in [-0.15, -0.1) is 11.8 Å². The number of nitrogens with zero attached hydrogens (tertiary/aromatic N) is 1. The van der Waals surface area contributed by atoms with Crippen molar-refractivity contribution in [2.24, 2.45) is 0 Å². The maximum absolute atomic E-state index is 12.5. The Bertz CT molecular complexity index is 677. The first kappa shape index (κ1) is 18.1. The molecule has 1 atom stereocenters. The lowest BCUT2D eigenvalue weighted by Crippen LogP contribution is -2.44. The summed E-state index contributed by atoms with van der Waals surface area (Å²) in [6.07, 6.45) is -0.554. The van der Waals surface area contributed by atoms with Crippen LogP contribution in [0.2, 0.25) is 0 Å². The topological polar surface area (TPSA) is 84.9 Å². The number of aryl methyl sites for hydroxylation is 1. The Morgan fingerprint density at radius 3 is 2.62 bits per heavy atom. The van der Waals surface area contributed by atoms with Crippen molar-refractivity contribution in [3.8, 4) is 0 Å². The number of esters is 1. The van der Waals surface area contributed by atoms with Crippen molar-refractivity contribution < 1.29 is 23.9 Å². The molecule has 2 amide bonds. The molecule has 0 fully saturated rings. The van der Waals surface area contributed by atoms with Crippen LogP contribution in [0.25, 0.3) is 0 Å². The van der Waals surface area contributed by atoms with Crippen LogP contribution in [0.3, 0.4) is 0 Å². The average molecular weight is 352 g/mol. The molecule has 1 unspecified atom stereocenters. The highest BCUT2D eigenvalue weighted by Crippen LogP contribution is 2.40. The van der Waals surface area contributed by atoms with Crippen molar-refractivity contribution in [3.05, 3.63) is 23.3 Å². The third-order valence-electron chi connectivity index (χ3n) is 3.71. The van der Waals surface area contributed by atoms with Gasteiger partial charge in [-0.25, -0.2) is 9.59 Å². The number of fused-ring (bicyclic) bond motifs is 1. The van der Waals surface area contributed by atoms with Gasteiger partial charge in [0.05, 0.1) is 30.7 Å². The van der Waals surface area contributed by atoms with Crippen LogP contribution in [-0.2, 0) is 14.3 Å². The fourth-order valence-corrected chi connectivity index (χ4v) is 3.60. The lowest BCUT2D eigenvalue weighted by molar-refractivity contribution is -0.118. The van der Waals surface area contributed by atoms with Crippen LogP contribution < -0.4 is 10.2 Å². The molecule has 0 bridgehead atoms. The molecule has 0 aliphatic carbocycles. The van der Waals surface area contributed by atoms with Gasteiger partial charge in [-0.3, -0.25) is 4.79 Å². The molecule has 2 rings (SSSR count). The summed E-state index contributed by atoms with van der Waals surface area (Å²) in [6, 6.07) is 3.56. The molecule has 7 nitrogen and oxygen atoms in total. The van der Waals surface area contributed by atoms with Crippen LogP contribution in [0, 0.1) is 6.92 Å². The van der Waals surface area contributed by atoms with Crippen LogP contribution in [-0.4, -0.2) is 50.5 Å². The molecule has 0 radical (unpaired) electrons. The minimum absolute atomic E-state index is 0.0705. The quantitative estimate of drug-likeness (QED) is 0.834. The lowest BCUT2D eigenvalue weighted by atomic mass is 10.1. The second kappa shape index (κ2) is 7.57. The fourth-order valence-electron chi connectivity index (χ4n) is 2.46. The Morgan fingerprint density at radius 2 is 2.00 bits per heavy atom. The molecule has 1 aromatic carbocycles. The van der Waals surface area contributed by atoms with Gasteiger partial charge in [-0.1, -0.05) is 0 Å². The molecule has 0 aromatic heterocycles. The van der Waals surface area contributed by atoms with Gasteiger partial charge in [0.25, 0.3) is 0 Å². The number of benzene rings is 1.